The van der Waals surface area contributed by atoms with Crippen molar-refractivity contribution in [3.63, 3.8) is 0 Å². The van der Waals surface area contributed by atoms with Crippen LogP contribution in [-0.2, 0) is 14.4 Å². The van der Waals surface area contributed by atoms with Gasteiger partial charge in [0.1, 0.15) is 39.9 Å². The summed E-state index contributed by atoms with van der Waals surface area (Å²) in [6.07, 6.45) is 2.84. The van der Waals surface area contributed by atoms with Crippen LogP contribution in [0.25, 0.3) is 0 Å². The number of amides is 6. The van der Waals surface area contributed by atoms with Gasteiger partial charge in [0.15, 0.2) is 5.13 Å². The Morgan fingerprint density at radius 2 is 1.61 bits per heavy atom. The molecule has 340 valence electrons. The fourth-order valence-electron chi connectivity index (χ4n) is 8.74. The van der Waals surface area contributed by atoms with Crippen LogP contribution in [0.4, 0.5) is 28.1 Å². The number of carbonyl (C=O) groups is 6. The number of piperazine rings is 2. The van der Waals surface area contributed by atoms with E-state index in [1.807, 2.05) is 78.2 Å². The van der Waals surface area contributed by atoms with E-state index in [1.54, 1.807) is 24.4 Å². The highest BCUT2D eigenvalue weighted by molar-refractivity contribution is 7.17. The fourth-order valence-corrected chi connectivity index (χ4v) is 9.46. The number of anilines is 5. The second kappa shape index (κ2) is 19.1. The molecule has 18 nitrogen and oxygen atoms in total. The van der Waals surface area contributed by atoms with Crippen molar-refractivity contribution in [1.82, 2.24) is 35.0 Å². The lowest BCUT2D eigenvalue weighted by Crippen LogP contribution is -2.54. The minimum atomic E-state index is -1.03. The van der Waals surface area contributed by atoms with E-state index in [1.165, 1.54) is 11.3 Å². The van der Waals surface area contributed by atoms with E-state index < -0.39 is 29.7 Å². The molecule has 66 heavy (non-hydrogen) atoms. The highest BCUT2D eigenvalue weighted by Crippen LogP contribution is 2.35. The van der Waals surface area contributed by atoms with Gasteiger partial charge in [-0.3, -0.25) is 43.9 Å². The highest BCUT2D eigenvalue weighted by Gasteiger charge is 2.46. The molecule has 3 aromatic carbocycles. The number of aryl methyl sites for hydroxylation is 2. The molecule has 0 saturated carbocycles. The number of imide groups is 2. The van der Waals surface area contributed by atoms with E-state index in [2.05, 4.69) is 35.7 Å². The molecule has 6 heterocycles. The quantitative estimate of drug-likeness (QED) is 0.133. The maximum absolute atomic E-state index is 13.6. The second-order valence-corrected chi connectivity index (χ2v) is 17.6. The summed E-state index contributed by atoms with van der Waals surface area (Å²) in [4.78, 5) is 101. The van der Waals surface area contributed by atoms with Crippen molar-refractivity contribution in [2.45, 2.75) is 45.6 Å². The molecule has 3 saturated heterocycles. The van der Waals surface area contributed by atoms with Gasteiger partial charge in [0.05, 0.1) is 23.0 Å². The fraction of sp³-hybridized carbons (Fsp3) is 0.340. The van der Waals surface area contributed by atoms with E-state index in [4.69, 9.17) is 9.72 Å². The minimum absolute atomic E-state index is 0.0560. The Labute approximate surface area is 384 Å². The van der Waals surface area contributed by atoms with E-state index in [0.717, 1.165) is 61.2 Å². The van der Waals surface area contributed by atoms with Crippen molar-refractivity contribution in [1.29, 1.82) is 0 Å². The molecule has 6 amide bonds. The van der Waals surface area contributed by atoms with Crippen LogP contribution < -0.4 is 30.5 Å². The first-order valence-electron chi connectivity index (χ1n) is 22.1. The SMILES string of the molecule is Cc1nc(Nc2ncc(C(=O)Nc3ccc(Oc4ccccc4)cc3C)s2)cc(N2CCN(CCCC(=O)N3CCN(c4cccc5c4C(=O)N(C4CCC(=O)NC4=O)C5=O)CC3)CC2)n1. The van der Waals surface area contributed by atoms with Crippen LogP contribution in [0.15, 0.2) is 79.0 Å². The number of ether oxygens (including phenoxy) is 1. The molecule has 3 N–H and O–H groups in total. The van der Waals surface area contributed by atoms with E-state index in [-0.39, 0.29) is 35.8 Å². The number of carbonyl (C=O) groups excluding carboxylic acids is 6. The molecule has 0 aliphatic carbocycles. The van der Waals surface area contributed by atoms with Crippen LogP contribution in [0, 0.1) is 13.8 Å². The first-order chi connectivity index (χ1) is 32.0. The Morgan fingerprint density at radius 3 is 2.36 bits per heavy atom. The Hall–Kier alpha value is -7.25. The maximum Gasteiger partial charge on any atom is 0.267 e. The summed E-state index contributed by atoms with van der Waals surface area (Å²) in [6, 6.07) is 21.0. The van der Waals surface area contributed by atoms with Crippen molar-refractivity contribution < 1.29 is 33.5 Å². The number of benzene rings is 3. The molecule has 1 atom stereocenters. The molecule has 4 aliphatic heterocycles. The normalized spacial score (nSPS) is 17.8. The van der Waals surface area contributed by atoms with Gasteiger partial charge in [0.25, 0.3) is 17.7 Å². The number of hydrogen-bond acceptors (Lipinski definition) is 15. The average molecular weight is 912 g/mol. The summed E-state index contributed by atoms with van der Waals surface area (Å²) in [5, 5.41) is 9.00. The topological polar surface area (TPSA) is 203 Å². The molecule has 0 spiro atoms. The Morgan fingerprint density at radius 1 is 0.833 bits per heavy atom. The van der Waals surface area contributed by atoms with Crippen molar-refractivity contribution >= 4 is 74.9 Å². The van der Waals surface area contributed by atoms with E-state index in [9.17, 15) is 28.8 Å². The zero-order valence-electron chi connectivity index (χ0n) is 36.6. The van der Waals surface area contributed by atoms with Gasteiger partial charge in [0.2, 0.25) is 17.7 Å². The molecule has 4 aliphatic rings. The third-order valence-electron chi connectivity index (χ3n) is 12.2. The zero-order chi connectivity index (χ0) is 45.9. The first-order valence-corrected chi connectivity index (χ1v) is 22.9. The summed E-state index contributed by atoms with van der Waals surface area (Å²) >= 11 is 1.23. The van der Waals surface area contributed by atoms with Crippen molar-refractivity contribution in [3.05, 3.63) is 106 Å². The number of thiazole rings is 1. The molecule has 2 aromatic heterocycles. The molecule has 5 aromatic rings. The van der Waals surface area contributed by atoms with E-state index >= 15 is 0 Å². The van der Waals surface area contributed by atoms with Crippen LogP contribution >= 0.6 is 11.3 Å². The van der Waals surface area contributed by atoms with Gasteiger partial charge in [-0.05, 0) is 81.3 Å². The summed E-state index contributed by atoms with van der Waals surface area (Å²) in [6.45, 7) is 9.65. The molecule has 0 bridgehead atoms. The molecular formula is C47H49N11O7S. The lowest BCUT2D eigenvalue weighted by atomic mass is 10.0. The smallest absolute Gasteiger partial charge is 0.267 e. The number of fused-ring (bicyclic) bond motifs is 1. The molecule has 19 heteroatoms. The zero-order valence-corrected chi connectivity index (χ0v) is 37.4. The van der Waals surface area contributed by atoms with Crippen LogP contribution in [0.5, 0.6) is 11.5 Å². The largest absolute Gasteiger partial charge is 0.457 e. The van der Waals surface area contributed by atoms with Crippen LogP contribution in [0.3, 0.4) is 0 Å². The minimum Gasteiger partial charge on any atom is -0.457 e. The second-order valence-electron chi connectivity index (χ2n) is 16.6. The van der Waals surface area contributed by atoms with Crippen LogP contribution in [0.1, 0.15) is 67.5 Å². The monoisotopic (exact) mass is 911 g/mol. The Balaban J connectivity index is 0.713. The molecule has 9 rings (SSSR count). The number of para-hydroxylation sites is 1. The Kier molecular flexibility index (Phi) is 12.7. The predicted octanol–water partition coefficient (Wildman–Crippen LogP) is 4.99. The number of nitrogens with zero attached hydrogens (tertiary/aromatic N) is 8. The van der Waals surface area contributed by atoms with Crippen LogP contribution in [-0.4, -0.2) is 130 Å². The molecule has 1 unspecified atom stereocenters. The predicted molar refractivity (Wildman–Crippen MR) is 248 cm³/mol. The lowest BCUT2D eigenvalue weighted by molar-refractivity contribution is -0.136. The van der Waals surface area contributed by atoms with E-state index in [0.29, 0.717) is 71.4 Å². The van der Waals surface area contributed by atoms with Gasteiger partial charge in [-0.1, -0.05) is 35.6 Å². The van der Waals surface area contributed by atoms with Gasteiger partial charge in [0, 0.05) is 77.0 Å². The third kappa shape index (κ3) is 9.57. The average Bonchev–Trinajstić information content (AvgIpc) is 3.89. The van der Waals surface area contributed by atoms with Gasteiger partial charge in [-0.2, -0.15) is 0 Å². The van der Waals surface area contributed by atoms with Gasteiger partial charge >= 0.3 is 0 Å². The number of hydrogen-bond donors (Lipinski definition) is 3. The summed E-state index contributed by atoms with van der Waals surface area (Å²) < 4.78 is 5.92. The number of rotatable bonds is 13. The highest BCUT2D eigenvalue weighted by atomic mass is 32.1. The third-order valence-corrected chi connectivity index (χ3v) is 13.1. The van der Waals surface area contributed by atoms with Crippen molar-refractivity contribution in [3.8, 4) is 11.5 Å². The molecule has 3 fully saturated rings. The van der Waals surface area contributed by atoms with Gasteiger partial charge in [-0.15, -0.1) is 0 Å². The van der Waals surface area contributed by atoms with Gasteiger partial charge in [-0.25, -0.2) is 15.0 Å². The van der Waals surface area contributed by atoms with Gasteiger partial charge < -0.3 is 30.1 Å². The van der Waals surface area contributed by atoms with Crippen LogP contribution in [0.2, 0.25) is 0 Å². The molecule has 0 radical (unpaired) electrons. The summed E-state index contributed by atoms with van der Waals surface area (Å²) in [5.74, 6) is 1.07. The number of nitrogens with one attached hydrogen (secondary N) is 3. The van der Waals surface area contributed by atoms with Crippen molar-refractivity contribution in [2.24, 2.45) is 0 Å². The standard InChI is InChI=1S/C47H49N11O7S/c1-29-26-32(65-31-8-4-3-5-9-31)13-14-34(29)51-44(62)37-28-48-47(66-37)52-38-27-39(50-30(2)49-38)56-20-18-54(19-21-56)17-7-12-41(60)57-24-22-55(23-25-57)35-11-6-10-33-42(35)46(64)58(45(33)63)36-15-16-40(59)53-43(36)61/h3-6,8-11,13-14,26-28,36H,7,12,15-25H2,1-2H3,(H,51,62)(H,53,59,61)(H,48,49,50,52). The maximum atomic E-state index is 13.6. The molecular weight excluding hydrogens is 863 g/mol. The van der Waals surface area contributed by atoms with Crippen molar-refractivity contribution in [2.75, 3.05) is 79.3 Å². The Bertz CT molecular complexity index is 2700. The lowest BCUT2D eigenvalue weighted by Gasteiger charge is -2.37. The first kappa shape index (κ1) is 44.0. The summed E-state index contributed by atoms with van der Waals surface area (Å²) in [5.41, 5.74) is 2.65. The number of aromatic nitrogens is 3. The number of piperidine rings is 1. The summed E-state index contributed by atoms with van der Waals surface area (Å²) in [7, 11) is 0.